The molecule has 2 N–H and O–H groups in total. The van der Waals surface area contributed by atoms with Crippen molar-refractivity contribution < 1.29 is 24.2 Å². The van der Waals surface area contributed by atoms with Gasteiger partial charge in [-0.1, -0.05) is 55.0 Å². The molecular weight excluding hydrogens is 382 g/mol. The van der Waals surface area contributed by atoms with Gasteiger partial charge in [0.25, 0.3) is 0 Å². The Morgan fingerprint density at radius 2 is 1.60 bits per heavy atom. The Kier molecular flexibility index (Phi) is 7.22. The van der Waals surface area contributed by atoms with Gasteiger partial charge in [-0.2, -0.15) is 0 Å². The molecule has 0 saturated heterocycles. The van der Waals surface area contributed by atoms with Crippen LogP contribution in [0.4, 0.5) is 4.79 Å². The number of nitrogens with one attached hydrogen (secondary N) is 1. The van der Waals surface area contributed by atoms with Crippen LogP contribution in [0, 0.1) is 5.92 Å². The number of fused-ring (bicyclic) bond motifs is 3. The quantitative estimate of drug-likeness (QED) is 0.568. The number of carbonyl (C=O) groups excluding carboxylic acids is 2. The maximum atomic E-state index is 12.1. The van der Waals surface area contributed by atoms with Gasteiger partial charge in [-0.15, -0.1) is 0 Å². The van der Waals surface area contributed by atoms with Crippen LogP contribution >= 0.6 is 0 Å². The second-order valence-electron chi connectivity index (χ2n) is 7.69. The van der Waals surface area contributed by atoms with Crippen LogP contribution in [0.1, 0.15) is 49.7 Å². The molecular formula is C24H27NO5. The molecule has 1 aliphatic carbocycles. The van der Waals surface area contributed by atoms with Crippen molar-refractivity contribution in [3.05, 3.63) is 59.7 Å². The summed E-state index contributed by atoms with van der Waals surface area (Å²) in [5.74, 6) is -1.71. The number of Topliss-reactive ketones (excluding diaryl/α,β-unsaturated/α-hetero) is 1. The van der Waals surface area contributed by atoms with Gasteiger partial charge < -0.3 is 20.0 Å². The summed E-state index contributed by atoms with van der Waals surface area (Å²) in [6.45, 7) is 2.07. The van der Waals surface area contributed by atoms with Crippen molar-refractivity contribution in [3.63, 3.8) is 0 Å². The first-order valence-corrected chi connectivity index (χ1v) is 10.3. The zero-order valence-corrected chi connectivity index (χ0v) is 17.1. The SMILES string of the molecule is CC(=O)C[C@@H](CCCCNC(=O)OCC1c2ccccc2-c2ccccc21)C(=O)O. The standard InChI is InChI=1S/C24H27NO5/c1-16(26)14-17(23(27)28)8-6-7-13-25-24(29)30-15-22-20-11-4-2-9-18(20)19-10-3-5-12-21(19)22/h2-5,9-12,17,22H,6-8,13-15H2,1H3,(H,25,29)(H,27,28)/t17-/m1/s1. The van der Waals surface area contributed by atoms with Crippen molar-refractivity contribution in [2.24, 2.45) is 5.92 Å². The van der Waals surface area contributed by atoms with E-state index in [2.05, 4.69) is 29.6 Å². The van der Waals surface area contributed by atoms with Gasteiger partial charge in [-0.05, 0) is 42.0 Å². The second-order valence-corrected chi connectivity index (χ2v) is 7.69. The van der Waals surface area contributed by atoms with Crippen molar-refractivity contribution in [2.75, 3.05) is 13.2 Å². The highest BCUT2D eigenvalue weighted by atomic mass is 16.5. The zero-order chi connectivity index (χ0) is 21.5. The number of hydrogen-bond acceptors (Lipinski definition) is 4. The van der Waals surface area contributed by atoms with Crippen molar-refractivity contribution in [3.8, 4) is 11.1 Å². The highest BCUT2D eigenvalue weighted by Crippen LogP contribution is 2.44. The normalized spacial score (nSPS) is 13.2. The number of carboxylic acid groups (broad SMARTS) is 1. The fraction of sp³-hybridized carbons (Fsp3) is 0.375. The van der Waals surface area contributed by atoms with Crippen LogP contribution in [0.25, 0.3) is 11.1 Å². The van der Waals surface area contributed by atoms with Crippen LogP contribution in [-0.4, -0.2) is 36.1 Å². The molecule has 3 rings (SSSR count). The van der Waals surface area contributed by atoms with Crippen LogP contribution in [0.2, 0.25) is 0 Å². The lowest BCUT2D eigenvalue weighted by molar-refractivity contribution is -0.143. The molecule has 2 aromatic carbocycles. The molecule has 0 fully saturated rings. The number of carbonyl (C=O) groups is 3. The monoisotopic (exact) mass is 409 g/mol. The molecule has 0 unspecified atom stereocenters. The Labute approximate surface area is 176 Å². The van der Waals surface area contributed by atoms with Gasteiger partial charge in [-0.25, -0.2) is 4.79 Å². The van der Waals surface area contributed by atoms with Crippen molar-refractivity contribution >= 4 is 17.8 Å². The van der Waals surface area contributed by atoms with E-state index >= 15 is 0 Å². The number of rotatable bonds is 10. The molecule has 1 atom stereocenters. The van der Waals surface area contributed by atoms with Crippen molar-refractivity contribution in [2.45, 2.75) is 38.5 Å². The topological polar surface area (TPSA) is 92.7 Å². The number of unbranched alkanes of at least 4 members (excludes halogenated alkanes) is 1. The molecule has 6 nitrogen and oxygen atoms in total. The third-order valence-electron chi connectivity index (χ3n) is 5.48. The summed E-state index contributed by atoms with van der Waals surface area (Å²) in [5.41, 5.74) is 4.69. The smallest absolute Gasteiger partial charge is 0.407 e. The van der Waals surface area contributed by atoms with E-state index in [1.807, 2.05) is 24.3 Å². The van der Waals surface area contributed by atoms with Crippen LogP contribution in [0.15, 0.2) is 48.5 Å². The summed E-state index contributed by atoms with van der Waals surface area (Å²) < 4.78 is 5.47. The lowest BCUT2D eigenvalue weighted by Gasteiger charge is -2.15. The number of alkyl carbamates (subject to hydrolysis) is 1. The van der Waals surface area contributed by atoms with Gasteiger partial charge in [0.2, 0.25) is 0 Å². The van der Waals surface area contributed by atoms with Crippen LogP contribution < -0.4 is 5.32 Å². The number of amides is 1. The summed E-state index contributed by atoms with van der Waals surface area (Å²) in [4.78, 5) is 34.4. The van der Waals surface area contributed by atoms with Crippen molar-refractivity contribution in [1.82, 2.24) is 5.32 Å². The first kappa shape index (κ1) is 21.6. The Morgan fingerprint density at radius 3 is 2.17 bits per heavy atom. The minimum Gasteiger partial charge on any atom is -0.481 e. The molecule has 0 radical (unpaired) electrons. The molecule has 158 valence electrons. The number of ether oxygens (including phenoxy) is 1. The van der Waals surface area contributed by atoms with Gasteiger partial charge >= 0.3 is 12.1 Å². The highest BCUT2D eigenvalue weighted by Gasteiger charge is 2.28. The van der Waals surface area contributed by atoms with E-state index in [1.54, 1.807) is 0 Å². The Hall–Kier alpha value is -3.15. The summed E-state index contributed by atoms with van der Waals surface area (Å²) >= 11 is 0. The zero-order valence-electron chi connectivity index (χ0n) is 17.1. The van der Waals surface area contributed by atoms with Crippen LogP contribution in [0.5, 0.6) is 0 Å². The number of ketones is 1. The molecule has 6 heteroatoms. The van der Waals surface area contributed by atoms with E-state index in [4.69, 9.17) is 9.84 Å². The molecule has 0 bridgehead atoms. The number of benzene rings is 2. The third-order valence-corrected chi connectivity index (χ3v) is 5.48. The summed E-state index contributed by atoms with van der Waals surface area (Å²) in [5, 5.41) is 11.9. The second kappa shape index (κ2) is 10.1. The fourth-order valence-electron chi connectivity index (χ4n) is 4.02. The van der Waals surface area contributed by atoms with Gasteiger partial charge in [0.1, 0.15) is 12.4 Å². The van der Waals surface area contributed by atoms with Gasteiger partial charge in [0, 0.05) is 18.9 Å². The summed E-state index contributed by atoms with van der Waals surface area (Å²) in [6.07, 6.45) is 1.24. The van der Waals surface area contributed by atoms with E-state index in [1.165, 1.54) is 18.1 Å². The van der Waals surface area contributed by atoms with E-state index in [-0.39, 0.29) is 24.7 Å². The van der Waals surface area contributed by atoms with Gasteiger partial charge in [0.05, 0.1) is 5.92 Å². The lowest BCUT2D eigenvalue weighted by Crippen LogP contribution is -2.27. The molecule has 0 aromatic heterocycles. The maximum absolute atomic E-state index is 12.1. The number of carboxylic acids is 1. The van der Waals surface area contributed by atoms with Gasteiger partial charge in [0.15, 0.2) is 0 Å². The average molecular weight is 409 g/mol. The van der Waals surface area contributed by atoms with E-state index in [0.717, 1.165) is 11.1 Å². The summed E-state index contributed by atoms with van der Waals surface area (Å²) in [7, 11) is 0. The molecule has 30 heavy (non-hydrogen) atoms. The lowest BCUT2D eigenvalue weighted by atomic mass is 9.97. The number of hydrogen-bond donors (Lipinski definition) is 2. The Morgan fingerprint density at radius 1 is 1.00 bits per heavy atom. The fourth-order valence-corrected chi connectivity index (χ4v) is 4.02. The Bertz CT molecular complexity index is 878. The molecule has 0 heterocycles. The molecule has 0 saturated carbocycles. The Balaban J connectivity index is 1.43. The molecule has 1 amide bonds. The van der Waals surface area contributed by atoms with E-state index in [9.17, 15) is 14.4 Å². The minimum atomic E-state index is -0.949. The third kappa shape index (κ3) is 5.26. The van der Waals surface area contributed by atoms with E-state index < -0.39 is 18.0 Å². The molecule has 0 aliphatic heterocycles. The minimum absolute atomic E-state index is 0.0195. The first-order chi connectivity index (χ1) is 14.5. The van der Waals surface area contributed by atoms with Crippen LogP contribution in [0.3, 0.4) is 0 Å². The molecule has 2 aromatic rings. The van der Waals surface area contributed by atoms with Gasteiger partial charge in [-0.3, -0.25) is 4.79 Å². The number of aliphatic carboxylic acids is 1. The molecule has 1 aliphatic rings. The van der Waals surface area contributed by atoms with Crippen molar-refractivity contribution in [1.29, 1.82) is 0 Å². The summed E-state index contributed by atoms with van der Waals surface area (Å²) in [6, 6.07) is 16.3. The van der Waals surface area contributed by atoms with Crippen LogP contribution in [-0.2, 0) is 14.3 Å². The largest absolute Gasteiger partial charge is 0.481 e. The maximum Gasteiger partial charge on any atom is 0.407 e. The first-order valence-electron chi connectivity index (χ1n) is 10.3. The predicted molar refractivity (Wildman–Crippen MR) is 113 cm³/mol. The highest BCUT2D eigenvalue weighted by molar-refractivity contribution is 5.82. The molecule has 0 spiro atoms. The average Bonchev–Trinajstić information content (AvgIpc) is 3.04. The predicted octanol–water partition coefficient (Wildman–Crippen LogP) is 4.38. The van der Waals surface area contributed by atoms with E-state index in [0.29, 0.717) is 25.8 Å².